The van der Waals surface area contributed by atoms with E-state index in [4.69, 9.17) is 9.15 Å². The number of fused-ring (bicyclic) bond motifs is 1. The lowest BCUT2D eigenvalue weighted by molar-refractivity contribution is -0.134. The molecule has 1 fully saturated rings. The van der Waals surface area contributed by atoms with E-state index in [9.17, 15) is 14.4 Å². The molecule has 1 aromatic heterocycles. The van der Waals surface area contributed by atoms with Crippen molar-refractivity contribution in [2.45, 2.75) is 32.9 Å². The molecule has 0 radical (unpaired) electrons. The number of nitrogens with zero attached hydrogens (tertiary/aromatic N) is 3. The molecule has 1 aliphatic rings. The third-order valence-corrected chi connectivity index (χ3v) is 6.13. The minimum Gasteiger partial charge on any atom is -0.496 e. The summed E-state index contributed by atoms with van der Waals surface area (Å²) >= 11 is 0. The lowest BCUT2D eigenvalue weighted by Gasteiger charge is -2.41. The number of aromatic nitrogens is 1. The summed E-state index contributed by atoms with van der Waals surface area (Å²) in [5, 5.41) is 2.90. The largest absolute Gasteiger partial charge is 0.496 e. The summed E-state index contributed by atoms with van der Waals surface area (Å²) in [6, 6.07) is 12.7. The summed E-state index contributed by atoms with van der Waals surface area (Å²) in [7, 11) is 1.61. The van der Waals surface area contributed by atoms with Gasteiger partial charge < -0.3 is 19.4 Å². The summed E-state index contributed by atoms with van der Waals surface area (Å²) in [6.07, 6.45) is 0.819. The van der Waals surface area contributed by atoms with Crippen LogP contribution in [-0.2, 0) is 16.1 Å². The number of para-hydroxylation sites is 1. The van der Waals surface area contributed by atoms with Crippen molar-refractivity contribution in [2.75, 3.05) is 38.6 Å². The number of ether oxygens (including phenoxy) is 1. The van der Waals surface area contributed by atoms with Gasteiger partial charge in [0.15, 0.2) is 5.58 Å². The minimum atomic E-state index is -0.397. The van der Waals surface area contributed by atoms with E-state index in [2.05, 4.69) is 5.32 Å². The number of carbonyl (C=O) groups excluding carboxylic acids is 2. The van der Waals surface area contributed by atoms with Crippen molar-refractivity contribution in [1.29, 1.82) is 0 Å². The molecule has 3 aromatic rings. The van der Waals surface area contributed by atoms with Gasteiger partial charge in [-0.25, -0.2) is 4.79 Å². The molecule has 34 heavy (non-hydrogen) atoms. The van der Waals surface area contributed by atoms with Crippen molar-refractivity contribution >= 4 is 28.6 Å². The number of benzene rings is 2. The Bertz CT molecular complexity index is 1250. The molecule has 0 bridgehead atoms. The van der Waals surface area contributed by atoms with Crippen LogP contribution >= 0.6 is 0 Å². The van der Waals surface area contributed by atoms with Gasteiger partial charge in [-0.3, -0.25) is 19.1 Å². The smallest absolute Gasteiger partial charge is 0.419 e. The number of anilines is 1. The van der Waals surface area contributed by atoms with E-state index in [1.165, 1.54) is 0 Å². The number of amides is 2. The lowest BCUT2D eigenvalue weighted by atomic mass is 10.0. The average Bonchev–Trinajstić information content (AvgIpc) is 3.13. The Morgan fingerprint density at radius 2 is 1.97 bits per heavy atom. The van der Waals surface area contributed by atoms with E-state index in [1.54, 1.807) is 36.8 Å². The van der Waals surface area contributed by atoms with Gasteiger partial charge in [0.1, 0.15) is 5.75 Å². The van der Waals surface area contributed by atoms with Crippen LogP contribution in [0.25, 0.3) is 11.1 Å². The first-order valence-electron chi connectivity index (χ1n) is 11.5. The Labute approximate surface area is 197 Å². The number of carbonyl (C=O) groups is 2. The highest BCUT2D eigenvalue weighted by molar-refractivity contribution is 5.94. The van der Waals surface area contributed by atoms with Gasteiger partial charge in [0, 0.05) is 50.4 Å². The molecule has 1 aliphatic heterocycles. The van der Waals surface area contributed by atoms with Crippen LogP contribution in [0.1, 0.15) is 31.9 Å². The van der Waals surface area contributed by atoms with Crippen LogP contribution in [-0.4, -0.2) is 59.5 Å². The van der Waals surface area contributed by atoms with Gasteiger partial charge >= 0.3 is 5.76 Å². The zero-order chi connectivity index (χ0) is 24.2. The van der Waals surface area contributed by atoms with E-state index in [1.807, 2.05) is 41.0 Å². The summed E-state index contributed by atoms with van der Waals surface area (Å²) in [5.41, 5.74) is 2.65. The number of hydrogen-bond donors (Lipinski definition) is 1. The maximum Gasteiger partial charge on any atom is 0.419 e. The Kier molecular flexibility index (Phi) is 7.02. The second-order valence-corrected chi connectivity index (χ2v) is 8.46. The SMILES string of the molecule is CCCn1c(=O)oc2cc(NC(=O)CN3CCN(C(C)=O)[C@@H](c4ccccc4OC)C3)ccc21. The molecule has 2 heterocycles. The standard InChI is InChI=1S/C25H30N4O5/c1-4-11-29-20-10-9-18(14-23(20)34-25(29)32)26-24(31)16-27-12-13-28(17(2)30)21(15-27)19-7-5-6-8-22(19)33-3/h5-10,14,21H,4,11-13,15-16H2,1-3H3,(H,26,31)/t21-/m1/s1. The van der Waals surface area contributed by atoms with Gasteiger partial charge in [0.25, 0.3) is 0 Å². The molecule has 1 saturated heterocycles. The molecule has 9 nitrogen and oxygen atoms in total. The van der Waals surface area contributed by atoms with Crippen molar-refractivity contribution in [3.63, 3.8) is 0 Å². The van der Waals surface area contributed by atoms with Crippen LogP contribution in [0.15, 0.2) is 51.7 Å². The van der Waals surface area contributed by atoms with Gasteiger partial charge in [-0.2, -0.15) is 0 Å². The Hall–Kier alpha value is -3.59. The summed E-state index contributed by atoms with van der Waals surface area (Å²) in [4.78, 5) is 41.0. The van der Waals surface area contributed by atoms with Crippen LogP contribution in [0.2, 0.25) is 0 Å². The minimum absolute atomic E-state index is 0.00943. The number of hydrogen-bond acceptors (Lipinski definition) is 6. The number of piperazine rings is 1. The highest BCUT2D eigenvalue weighted by Crippen LogP contribution is 2.32. The third kappa shape index (κ3) is 4.84. The molecule has 0 spiro atoms. The molecule has 180 valence electrons. The number of aryl methyl sites for hydroxylation is 1. The first-order chi connectivity index (χ1) is 16.4. The molecule has 0 aliphatic carbocycles. The van der Waals surface area contributed by atoms with Gasteiger partial charge in [-0.15, -0.1) is 0 Å². The predicted octanol–water partition coefficient (Wildman–Crippen LogP) is 2.86. The lowest BCUT2D eigenvalue weighted by Crippen LogP contribution is -2.51. The Morgan fingerprint density at radius 1 is 1.18 bits per heavy atom. The average molecular weight is 467 g/mol. The third-order valence-electron chi connectivity index (χ3n) is 6.13. The maximum atomic E-state index is 12.8. The molecule has 1 N–H and O–H groups in total. The zero-order valence-electron chi connectivity index (χ0n) is 19.7. The fourth-order valence-corrected chi connectivity index (χ4v) is 4.55. The quantitative estimate of drug-likeness (QED) is 0.575. The Balaban J connectivity index is 1.46. The summed E-state index contributed by atoms with van der Waals surface area (Å²) in [6.45, 7) is 5.94. The monoisotopic (exact) mass is 466 g/mol. The van der Waals surface area contributed by atoms with Crippen LogP contribution in [0.5, 0.6) is 5.75 Å². The molecule has 0 unspecified atom stereocenters. The predicted molar refractivity (Wildman–Crippen MR) is 129 cm³/mol. The molecular formula is C25H30N4O5. The van der Waals surface area contributed by atoms with Crippen molar-refractivity contribution < 1.29 is 18.7 Å². The number of methoxy groups -OCH3 is 1. The van der Waals surface area contributed by atoms with Crippen molar-refractivity contribution in [1.82, 2.24) is 14.4 Å². The second kappa shape index (κ2) is 10.1. The van der Waals surface area contributed by atoms with E-state index in [0.717, 1.165) is 17.7 Å². The molecule has 9 heteroatoms. The number of oxazole rings is 1. The molecular weight excluding hydrogens is 436 g/mol. The first-order valence-corrected chi connectivity index (χ1v) is 11.5. The fourth-order valence-electron chi connectivity index (χ4n) is 4.55. The van der Waals surface area contributed by atoms with E-state index >= 15 is 0 Å². The van der Waals surface area contributed by atoms with Gasteiger partial charge in [-0.05, 0) is 24.6 Å². The molecule has 4 rings (SSSR count). The van der Waals surface area contributed by atoms with Gasteiger partial charge in [0.2, 0.25) is 11.8 Å². The number of nitrogens with one attached hydrogen (secondary N) is 1. The molecule has 2 amide bonds. The maximum absolute atomic E-state index is 12.8. The van der Waals surface area contributed by atoms with Crippen molar-refractivity contribution in [3.8, 4) is 5.75 Å². The van der Waals surface area contributed by atoms with E-state index in [-0.39, 0.29) is 24.4 Å². The molecule has 2 aromatic carbocycles. The van der Waals surface area contributed by atoms with E-state index < -0.39 is 5.76 Å². The second-order valence-electron chi connectivity index (χ2n) is 8.46. The highest BCUT2D eigenvalue weighted by atomic mass is 16.5. The van der Waals surface area contributed by atoms with Crippen LogP contribution < -0.4 is 15.8 Å². The van der Waals surface area contributed by atoms with Gasteiger partial charge in [0.05, 0.1) is 25.2 Å². The highest BCUT2D eigenvalue weighted by Gasteiger charge is 2.32. The van der Waals surface area contributed by atoms with Gasteiger partial charge in [-0.1, -0.05) is 25.1 Å². The van der Waals surface area contributed by atoms with Crippen LogP contribution in [0.4, 0.5) is 5.69 Å². The normalized spacial score (nSPS) is 16.6. The molecule has 1 atom stereocenters. The Morgan fingerprint density at radius 3 is 2.71 bits per heavy atom. The fraction of sp³-hybridized carbons (Fsp3) is 0.400. The zero-order valence-corrected chi connectivity index (χ0v) is 19.7. The topological polar surface area (TPSA) is 97.0 Å². The van der Waals surface area contributed by atoms with Crippen LogP contribution in [0.3, 0.4) is 0 Å². The summed E-state index contributed by atoms with van der Waals surface area (Å²) < 4.78 is 12.4. The van der Waals surface area contributed by atoms with Crippen molar-refractivity contribution in [2.24, 2.45) is 0 Å². The molecule has 0 saturated carbocycles. The number of rotatable bonds is 7. The van der Waals surface area contributed by atoms with Crippen molar-refractivity contribution in [3.05, 3.63) is 58.6 Å². The summed E-state index contributed by atoms with van der Waals surface area (Å²) in [5.74, 6) is 0.135. The first kappa shape index (κ1) is 23.6. The van der Waals surface area contributed by atoms with Crippen LogP contribution in [0, 0.1) is 0 Å². The van der Waals surface area contributed by atoms with E-state index in [0.29, 0.717) is 43.0 Å².